The lowest BCUT2D eigenvalue weighted by Gasteiger charge is -2.35. The van der Waals surface area contributed by atoms with Crippen LogP contribution in [0, 0.1) is 17.0 Å². The van der Waals surface area contributed by atoms with Crippen molar-refractivity contribution in [3.8, 4) is 0 Å². The van der Waals surface area contributed by atoms with Crippen molar-refractivity contribution in [3.05, 3.63) is 63.4 Å². The van der Waals surface area contributed by atoms with Crippen LogP contribution in [-0.2, 0) is 20.9 Å². The Bertz CT molecular complexity index is 1480. The van der Waals surface area contributed by atoms with Crippen molar-refractivity contribution >= 4 is 38.3 Å². The van der Waals surface area contributed by atoms with Crippen LogP contribution in [0.25, 0.3) is 11.0 Å². The number of nitro benzene ring substituents is 1. The molecule has 0 radical (unpaired) electrons. The predicted octanol–water partition coefficient (Wildman–Crippen LogP) is 4.36. The van der Waals surface area contributed by atoms with Crippen LogP contribution in [-0.4, -0.2) is 56.4 Å². The number of sulfonamides is 1. The van der Waals surface area contributed by atoms with Gasteiger partial charge >= 0.3 is 12.1 Å². The summed E-state index contributed by atoms with van der Waals surface area (Å²) in [5.74, 6) is -0.674. The Hall–Kier alpha value is -3.65. The largest absolute Gasteiger partial charge is 0.460 e. The number of aryl methyl sites for hydroxylation is 1. The molecule has 4 rings (SSSR count). The number of piperazine rings is 1. The number of benzene rings is 2. The van der Waals surface area contributed by atoms with Crippen LogP contribution >= 0.6 is 0 Å². The summed E-state index contributed by atoms with van der Waals surface area (Å²) in [4.78, 5) is 24.1. The van der Waals surface area contributed by atoms with Gasteiger partial charge in [0, 0.05) is 43.2 Å². The summed E-state index contributed by atoms with van der Waals surface area (Å²) in [5, 5.41) is 11.9. The van der Waals surface area contributed by atoms with E-state index in [1.54, 1.807) is 13.8 Å². The molecule has 0 spiro atoms. The normalized spacial score (nSPS) is 15.2. The molecule has 3 aromatic rings. The van der Waals surface area contributed by atoms with E-state index in [1.165, 1.54) is 27.4 Å². The lowest BCUT2D eigenvalue weighted by Crippen LogP contribution is -2.48. The third-order valence-electron chi connectivity index (χ3n) is 6.09. The molecule has 198 valence electrons. The number of alkyl halides is 3. The lowest BCUT2D eigenvalue weighted by atomic mass is 10.1. The van der Waals surface area contributed by atoms with Gasteiger partial charge in [0.05, 0.1) is 22.0 Å². The first kappa shape index (κ1) is 26.4. The average Bonchev–Trinajstić information content (AvgIpc) is 3.19. The van der Waals surface area contributed by atoms with E-state index in [2.05, 4.69) is 0 Å². The number of rotatable bonds is 6. The highest BCUT2D eigenvalue weighted by Crippen LogP contribution is 2.37. The van der Waals surface area contributed by atoms with E-state index in [1.807, 2.05) is 0 Å². The van der Waals surface area contributed by atoms with Gasteiger partial charge in [-0.05, 0) is 44.2 Å². The molecule has 37 heavy (non-hydrogen) atoms. The predicted molar refractivity (Wildman–Crippen MR) is 126 cm³/mol. The Balaban J connectivity index is 1.56. The number of ether oxygens (including phenoxy) is 1. The molecular formula is C23H22F3N3O7S. The fourth-order valence-corrected chi connectivity index (χ4v) is 5.63. The van der Waals surface area contributed by atoms with Crippen LogP contribution in [0.4, 0.5) is 24.5 Å². The molecule has 0 amide bonds. The van der Waals surface area contributed by atoms with E-state index in [9.17, 15) is 36.5 Å². The van der Waals surface area contributed by atoms with Crippen molar-refractivity contribution in [2.45, 2.75) is 24.9 Å². The molecule has 0 N–H and O–H groups in total. The minimum atomic E-state index is -4.73. The summed E-state index contributed by atoms with van der Waals surface area (Å²) in [6, 6.07) is 6.47. The summed E-state index contributed by atoms with van der Waals surface area (Å²) in [6.07, 6.45) is -4.73. The van der Waals surface area contributed by atoms with Gasteiger partial charge in [-0.1, -0.05) is 0 Å². The maximum Gasteiger partial charge on any atom is 0.416 e. The number of hydrogen-bond acceptors (Lipinski definition) is 8. The number of carbonyl (C=O) groups excluding carboxylic acids is 1. The van der Waals surface area contributed by atoms with Crippen molar-refractivity contribution in [3.63, 3.8) is 0 Å². The highest BCUT2D eigenvalue weighted by atomic mass is 32.2. The Morgan fingerprint density at radius 3 is 2.41 bits per heavy atom. The first-order valence-corrected chi connectivity index (χ1v) is 12.6. The summed E-state index contributed by atoms with van der Waals surface area (Å²) in [7, 11) is -3.98. The second kappa shape index (κ2) is 9.67. The molecule has 10 nitrogen and oxygen atoms in total. The first-order chi connectivity index (χ1) is 17.3. The van der Waals surface area contributed by atoms with Crippen LogP contribution < -0.4 is 4.90 Å². The zero-order chi connectivity index (χ0) is 27.1. The number of carbonyl (C=O) groups is 1. The van der Waals surface area contributed by atoms with E-state index < -0.39 is 38.3 Å². The highest BCUT2D eigenvalue weighted by molar-refractivity contribution is 7.89. The third-order valence-corrected chi connectivity index (χ3v) is 7.98. The number of hydrogen-bond donors (Lipinski definition) is 0. The third kappa shape index (κ3) is 4.98. The van der Waals surface area contributed by atoms with E-state index in [4.69, 9.17) is 9.15 Å². The van der Waals surface area contributed by atoms with Gasteiger partial charge in [0.25, 0.3) is 5.69 Å². The zero-order valence-electron chi connectivity index (χ0n) is 19.7. The second-order valence-electron chi connectivity index (χ2n) is 8.28. The van der Waals surface area contributed by atoms with Crippen molar-refractivity contribution < 1.29 is 40.5 Å². The Morgan fingerprint density at radius 2 is 1.81 bits per heavy atom. The van der Waals surface area contributed by atoms with Crippen molar-refractivity contribution in [2.24, 2.45) is 0 Å². The fraction of sp³-hybridized carbons (Fsp3) is 0.348. The monoisotopic (exact) mass is 541 g/mol. The van der Waals surface area contributed by atoms with Crippen LogP contribution in [0.1, 0.15) is 28.6 Å². The molecule has 1 aliphatic rings. The smallest absolute Gasteiger partial charge is 0.416 e. The maximum atomic E-state index is 13.3. The van der Waals surface area contributed by atoms with E-state index >= 15 is 0 Å². The minimum absolute atomic E-state index is 0.0156. The number of fused-ring (bicyclic) bond motifs is 1. The quantitative estimate of drug-likeness (QED) is 0.256. The Kier molecular flexibility index (Phi) is 6.90. The molecule has 1 aromatic heterocycles. The molecule has 1 fully saturated rings. The number of nitro groups is 1. The molecule has 0 atom stereocenters. The highest BCUT2D eigenvalue weighted by Gasteiger charge is 2.35. The van der Waals surface area contributed by atoms with Crippen LogP contribution in [0.2, 0.25) is 0 Å². The first-order valence-electron chi connectivity index (χ1n) is 11.2. The SMILES string of the molecule is CCOC(=O)c1oc2ccc(S(=O)(=O)N3CCN(c4ccc(C(F)(F)F)cc4[N+](=O)[O-])CC3)cc2c1C. The van der Waals surface area contributed by atoms with Gasteiger partial charge in [-0.2, -0.15) is 17.5 Å². The second-order valence-corrected chi connectivity index (χ2v) is 10.2. The number of halogens is 3. The van der Waals surface area contributed by atoms with Gasteiger partial charge in [0.2, 0.25) is 15.8 Å². The van der Waals surface area contributed by atoms with Gasteiger partial charge in [0.15, 0.2) is 0 Å². The Labute approximate surface area is 209 Å². The Morgan fingerprint density at radius 1 is 1.14 bits per heavy atom. The molecule has 0 unspecified atom stereocenters. The molecule has 2 heterocycles. The van der Waals surface area contributed by atoms with Gasteiger partial charge in [-0.15, -0.1) is 0 Å². The van der Waals surface area contributed by atoms with Gasteiger partial charge in [-0.3, -0.25) is 10.1 Å². The van der Waals surface area contributed by atoms with Gasteiger partial charge < -0.3 is 14.1 Å². The van der Waals surface area contributed by atoms with Crippen LogP contribution in [0.3, 0.4) is 0 Å². The van der Waals surface area contributed by atoms with E-state index in [-0.39, 0.29) is 49.1 Å². The topological polar surface area (TPSA) is 123 Å². The van der Waals surface area contributed by atoms with Crippen molar-refractivity contribution in [1.29, 1.82) is 0 Å². The molecular weight excluding hydrogens is 519 g/mol. The molecule has 14 heteroatoms. The number of anilines is 1. The summed E-state index contributed by atoms with van der Waals surface area (Å²) in [5.41, 5.74) is -1.11. The van der Waals surface area contributed by atoms with Crippen molar-refractivity contribution in [1.82, 2.24) is 4.31 Å². The summed E-state index contributed by atoms with van der Waals surface area (Å²) in [6.45, 7) is 3.39. The van der Waals surface area contributed by atoms with Crippen LogP contribution in [0.5, 0.6) is 0 Å². The maximum absolute atomic E-state index is 13.3. The van der Waals surface area contributed by atoms with Gasteiger partial charge in [-0.25, -0.2) is 13.2 Å². The number of esters is 1. The van der Waals surface area contributed by atoms with Crippen LogP contribution in [0.15, 0.2) is 45.7 Å². The van der Waals surface area contributed by atoms with E-state index in [0.717, 1.165) is 12.1 Å². The molecule has 1 saturated heterocycles. The zero-order valence-corrected chi connectivity index (χ0v) is 20.6. The molecule has 0 saturated carbocycles. The molecule has 0 bridgehead atoms. The van der Waals surface area contributed by atoms with Gasteiger partial charge in [0.1, 0.15) is 11.3 Å². The molecule has 0 aliphatic carbocycles. The molecule has 1 aliphatic heterocycles. The van der Waals surface area contributed by atoms with Crippen molar-refractivity contribution in [2.75, 3.05) is 37.7 Å². The molecule has 2 aromatic carbocycles. The lowest BCUT2D eigenvalue weighted by molar-refractivity contribution is -0.384. The number of nitrogens with zero attached hydrogens (tertiary/aromatic N) is 3. The standard InChI is InChI=1S/C23H22F3N3O7S/c1-3-35-22(30)21-14(2)17-13-16(5-7-20(17)36-21)37(33,34)28-10-8-27(9-11-28)18-6-4-15(23(24,25)26)12-19(18)29(31)32/h4-7,12-13H,3,8-11H2,1-2H3. The van der Waals surface area contributed by atoms with E-state index in [0.29, 0.717) is 22.6 Å². The summed E-state index contributed by atoms with van der Waals surface area (Å²) >= 11 is 0. The average molecular weight is 542 g/mol. The number of furan rings is 1. The minimum Gasteiger partial charge on any atom is -0.460 e. The summed E-state index contributed by atoms with van der Waals surface area (Å²) < 4.78 is 77.3. The fourth-order valence-electron chi connectivity index (χ4n) is 4.18.